The number of rotatable bonds is 1. The van der Waals surface area contributed by atoms with Gasteiger partial charge in [-0.1, -0.05) is 100 Å². The van der Waals surface area contributed by atoms with Crippen LogP contribution in [0.1, 0.15) is 62.8 Å². The van der Waals surface area contributed by atoms with Crippen LogP contribution in [0, 0.1) is 13.8 Å². The summed E-state index contributed by atoms with van der Waals surface area (Å²) in [6.45, 7) is 14.3. The largest absolute Gasteiger partial charge is 0.456 e. The fourth-order valence-electron chi connectivity index (χ4n) is 9.75. The van der Waals surface area contributed by atoms with Gasteiger partial charge >= 0.3 is 6.85 Å². The van der Waals surface area contributed by atoms with Crippen molar-refractivity contribution in [1.82, 2.24) is 0 Å². The van der Waals surface area contributed by atoms with E-state index in [0.717, 1.165) is 16.6 Å². The average molecular weight is 679 g/mol. The van der Waals surface area contributed by atoms with Crippen LogP contribution in [0.5, 0.6) is 0 Å². The van der Waals surface area contributed by atoms with Crippen LogP contribution in [0.4, 0.5) is 28.4 Å². The molecule has 6 aromatic carbocycles. The molecule has 11 rings (SSSR count). The van der Waals surface area contributed by atoms with E-state index in [0.29, 0.717) is 0 Å². The summed E-state index contributed by atoms with van der Waals surface area (Å²) in [4.78, 5) is 7.87. The fourth-order valence-corrected chi connectivity index (χ4v) is 10.9. The van der Waals surface area contributed by atoms with Crippen LogP contribution >= 0.6 is 11.8 Å². The lowest BCUT2D eigenvalue weighted by molar-refractivity contribution is 0.332. The van der Waals surface area contributed by atoms with E-state index in [-0.39, 0.29) is 17.7 Å². The molecule has 4 aliphatic rings. The Balaban J connectivity index is 1.29. The van der Waals surface area contributed by atoms with Crippen molar-refractivity contribution in [3.63, 3.8) is 0 Å². The first kappa shape index (κ1) is 29.8. The Morgan fingerprint density at radius 1 is 0.627 bits per heavy atom. The van der Waals surface area contributed by atoms with Gasteiger partial charge in [-0.3, -0.25) is 0 Å². The van der Waals surface area contributed by atoms with Crippen LogP contribution < -0.4 is 20.6 Å². The highest BCUT2D eigenvalue weighted by molar-refractivity contribution is 7.99. The summed E-state index contributed by atoms with van der Waals surface area (Å²) in [7, 11) is 0. The molecule has 3 nitrogen and oxygen atoms in total. The lowest BCUT2D eigenvalue weighted by atomic mass is 9.43. The number of fused-ring (bicyclic) bond motifs is 10. The van der Waals surface area contributed by atoms with Gasteiger partial charge in [0.05, 0.1) is 5.69 Å². The SMILES string of the molecule is Cc1cc2c3c(c1)N(c1cc4c(cc1C)C(C)(C)CCC4(C)C)c1cc4oc5ccccc5c4cc1B3N1c3ccccc3Sc3cccc-2c31. The molecule has 4 heterocycles. The molecule has 3 aliphatic heterocycles. The van der Waals surface area contributed by atoms with Crippen LogP contribution in [0.15, 0.2) is 117 Å². The fraction of sp³-hybridized carbons (Fsp3) is 0.217. The highest BCUT2D eigenvalue weighted by atomic mass is 32.2. The summed E-state index contributed by atoms with van der Waals surface area (Å²) in [5.41, 5.74) is 19.3. The molecule has 0 amide bonds. The number of hydrogen-bond acceptors (Lipinski definition) is 4. The molecular weight excluding hydrogens is 639 g/mol. The van der Waals surface area contributed by atoms with Crippen LogP contribution in [-0.2, 0) is 10.8 Å². The van der Waals surface area contributed by atoms with Crippen LogP contribution in [0.25, 0.3) is 33.1 Å². The summed E-state index contributed by atoms with van der Waals surface area (Å²) >= 11 is 1.90. The van der Waals surface area contributed by atoms with Crippen molar-refractivity contribution in [1.29, 1.82) is 0 Å². The standard InChI is InChI=1S/C46H39BN2OS/c1-26-20-31-29-13-11-17-42-44(29)49(35-14-8-10-16-41(35)51-42)47-34-23-30-28-12-7-9-15-39(28)50-40(30)25-37(34)48(38(21-26)43(31)47)36-24-33-32(22-27(36)2)45(3,4)18-19-46(33,5)6/h7-17,20-25H,18-19H2,1-6H3. The topological polar surface area (TPSA) is 19.6 Å². The second kappa shape index (κ2) is 9.92. The molecule has 0 N–H and O–H groups in total. The lowest BCUT2D eigenvalue weighted by Gasteiger charge is -2.48. The predicted octanol–water partition coefficient (Wildman–Crippen LogP) is 11.7. The molecule has 7 aromatic rings. The Hall–Kier alpha value is -4.87. The van der Waals surface area contributed by atoms with Crippen molar-refractivity contribution in [3.8, 4) is 11.1 Å². The second-order valence-corrected chi connectivity index (χ2v) is 17.6. The van der Waals surface area contributed by atoms with Crippen molar-refractivity contribution in [2.75, 3.05) is 9.71 Å². The zero-order valence-electron chi connectivity index (χ0n) is 30.0. The monoisotopic (exact) mass is 678 g/mol. The summed E-state index contributed by atoms with van der Waals surface area (Å²) < 4.78 is 6.65. The number of anilines is 5. The predicted molar refractivity (Wildman–Crippen MR) is 216 cm³/mol. The molecule has 0 unspecified atom stereocenters. The number of hydrogen-bond donors (Lipinski definition) is 0. The molecule has 1 aromatic heterocycles. The molecule has 0 saturated heterocycles. The van der Waals surface area contributed by atoms with Crippen molar-refractivity contribution in [2.45, 2.75) is 75.0 Å². The van der Waals surface area contributed by atoms with E-state index < -0.39 is 0 Å². The van der Waals surface area contributed by atoms with Crippen LogP contribution in [0.3, 0.4) is 0 Å². The van der Waals surface area contributed by atoms with Crippen LogP contribution in [-0.4, -0.2) is 6.85 Å². The molecule has 0 saturated carbocycles. The maximum absolute atomic E-state index is 6.65. The minimum absolute atomic E-state index is 0.0103. The summed E-state index contributed by atoms with van der Waals surface area (Å²) in [5, 5.41) is 2.34. The number of aryl methyl sites for hydroxylation is 2. The maximum Gasteiger partial charge on any atom is 0.333 e. The van der Waals surface area contributed by atoms with Crippen molar-refractivity contribution >= 4 is 79.9 Å². The Morgan fingerprint density at radius 2 is 1.37 bits per heavy atom. The first-order valence-electron chi connectivity index (χ1n) is 18.3. The summed E-state index contributed by atoms with van der Waals surface area (Å²) in [5.74, 6) is 0. The third-order valence-electron chi connectivity index (χ3n) is 12.4. The average Bonchev–Trinajstić information content (AvgIpc) is 3.48. The van der Waals surface area contributed by atoms with Gasteiger partial charge in [0.25, 0.3) is 0 Å². The molecule has 0 bridgehead atoms. The first-order valence-corrected chi connectivity index (χ1v) is 19.2. The van der Waals surface area contributed by atoms with Gasteiger partial charge in [-0.15, -0.1) is 0 Å². The van der Waals surface area contributed by atoms with Gasteiger partial charge < -0.3 is 14.1 Å². The smallest absolute Gasteiger partial charge is 0.333 e. The number of furan rings is 1. The molecular formula is C46H39BN2OS. The van der Waals surface area contributed by atoms with Gasteiger partial charge in [0.15, 0.2) is 0 Å². The molecule has 0 spiro atoms. The van der Waals surface area contributed by atoms with E-state index >= 15 is 0 Å². The second-order valence-electron chi connectivity index (χ2n) is 16.5. The van der Waals surface area contributed by atoms with E-state index in [1.54, 1.807) is 0 Å². The maximum atomic E-state index is 6.65. The first-order chi connectivity index (χ1) is 24.6. The number of benzene rings is 6. The third-order valence-corrected chi connectivity index (χ3v) is 13.5. The Kier molecular flexibility index (Phi) is 5.80. The molecule has 1 aliphatic carbocycles. The Bertz CT molecular complexity index is 2690. The van der Waals surface area contributed by atoms with Crippen LogP contribution in [0.2, 0.25) is 0 Å². The Morgan fingerprint density at radius 3 is 2.22 bits per heavy atom. The van der Waals surface area contributed by atoms with Gasteiger partial charge in [0.2, 0.25) is 0 Å². The zero-order chi connectivity index (χ0) is 34.6. The molecule has 0 atom stereocenters. The highest BCUT2D eigenvalue weighted by Crippen LogP contribution is 2.57. The van der Waals surface area contributed by atoms with Crippen molar-refractivity contribution in [2.24, 2.45) is 0 Å². The van der Waals surface area contributed by atoms with E-state index in [1.165, 1.54) is 101 Å². The van der Waals surface area contributed by atoms with Gasteiger partial charge in [0, 0.05) is 54.9 Å². The summed E-state index contributed by atoms with van der Waals surface area (Å²) in [6, 6.07) is 39.1. The lowest BCUT2D eigenvalue weighted by Crippen LogP contribution is -2.62. The molecule has 0 radical (unpaired) electrons. The normalized spacial score (nSPS) is 17.2. The third kappa shape index (κ3) is 3.93. The summed E-state index contributed by atoms with van der Waals surface area (Å²) in [6.07, 6.45) is 2.38. The molecule has 5 heteroatoms. The minimum Gasteiger partial charge on any atom is -0.456 e. The molecule has 248 valence electrons. The quantitative estimate of drug-likeness (QED) is 0.161. The van der Waals surface area contributed by atoms with Crippen molar-refractivity contribution in [3.05, 3.63) is 125 Å². The minimum atomic E-state index is -0.0103. The highest BCUT2D eigenvalue weighted by Gasteiger charge is 2.48. The van der Waals surface area contributed by atoms with Gasteiger partial charge in [-0.25, -0.2) is 0 Å². The molecule has 0 fully saturated rings. The van der Waals surface area contributed by atoms with E-state index in [1.807, 2.05) is 11.8 Å². The van der Waals surface area contributed by atoms with Gasteiger partial charge in [-0.2, -0.15) is 0 Å². The van der Waals surface area contributed by atoms with E-state index in [9.17, 15) is 0 Å². The molecule has 51 heavy (non-hydrogen) atoms. The number of nitrogens with zero attached hydrogens (tertiary/aromatic N) is 2. The number of para-hydroxylation sites is 3. The van der Waals surface area contributed by atoms with Gasteiger partial charge in [-0.05, 0) is 113 Å². The van der Waals surface area contributed by atoms with Gasteiger partial charge in [0.1, 0.15) is 11.2 Å². The Labute approximate surface area is 304 Å². The zero-order valence-corrected chi connectivity index (χ0v) is 30.8. The van der Waals surface area contributed by atoms with Crippen molar-refractivity contribution < 1.29 is 4.42 Å². The van der Waals surface area contributed by atoms with E-state index in [4.69, 9.17) is 4.42 Å². The van der Waals surface area contributed by atoms with E-state index in [2.05, 4.69) is 154 Å².